The van der Waals surface area contributed by atoms with Gasteiger partial charge in [-0.25, -0.2) is 4.98 Å². The highest BCUT2D eigenvalue weighted by atomic mass is 16.5. The molecule has 9 nitrogen and oxygen atoms in total. The van der Waals surface area contributed by atoms with Crippen molar-refractivity contribution in [2.75, 3.05) is 49.6 Å². The van der Waals surface area contributed by atoms with E-state index in [2.05, 4.69) is 27.1 Å². The number of hydrogen-bond acceptors (Lipinski definition) is 7. The highest BCUT2D eigenvalue weighted by molar-refractivity contribution is 5.95. The third kappa shape index (κ3) is 5.38. The molecule has 9 heteroatoms. The lowest BCUT2D eigenvalue weighted by molar-refractivity contribution is -0.117. The Balaban J connectivity index is 1.45. The van der Waals surface area contributed by atoms with Crippen LogP contribution in [0.2, 0.25) is 0 Å². The molecule has 172 valence electrons. The van der Waals surface area contributed by atoms with Crippen LogP contribution in [-0.4, -0.2) is 73.4 Å². The number of morpholine rings is 1. The Bertz CT molecular complexity index is 1030. The van der Waals surface area contributed by atoms with Gasteiger partial charge in [0.05, 0.1) is 18.8 Å². The average molecular weight is 450 g/mol. The molecule has 33 heavy (non-hydrogen) atoms. The predicted octanol–water partition coefficient (Wildman–Crippen LogP) is 1.99. The number of carbonyl (C=O) groups excluding carboxylic acids is 3. The minimum absolute atomic E-state index is 0.0225. The van der Waals surface area contributed by atoms with Gasteiger partial charge in [0.2, 0.25) is 5.91 Å². The van der Waals surface area contributed by atoms with Crippen molar-refractivity contribution in [3.05, 3.63) is 60.2 Å². The Morgan fingerprint density at radius 3 is 2.55 bits per heavy atom. The zero-order valence-corrected chi connectivity index (χ0v) is 18.3. The minimum Gasteiger partial charge on any atom is -0.378 e. The quantitative estimate of drug-likeness (QED) is 0.492. The van der Waals surface area contributed by atoms with Crippen molar-refractivity contribution in [2.24, 2.45) is 0 Å². The first kappa shape index (κ1) is 22.5. The topological polar surface area (TPSA) is 104 Å². The standard InChI is InChI=1S/C24H27N5O4/c1-2-22(31)25-20-9-10-29(15-20)21-8-5-18(16-30)23(27-21)26-19-6-3-17(4-7-19)24(32)28-11-13-33-14-12-28/h2-8,16,20H,1,9-15H2,(H,25,31)(H,26,27)/t20-/m0/s1. The first-order valence-corrected chi connectivity index (χ1v) is 11.0. The number of anilines is 3. The number of amides is 2. The normalized spacial score (nSPS) is 18.0. The van der Waals surface area contributed by atoms with Crippen LogP contribution in [-0.2, 0) is 9.53 Å². The van der Waals surface area contributed by atoms with Crippen LogP contribution in [0.5, 0.6) is 0 Å². The molecule has 0 spiro atoms. The number of benzene rings is 1. The molecule has 2 aliphatic rings. The summed E-state index contributed by atoms with van der Waals surface area (Å²) in [7, 11) is 0. The summed E-state index contributed by atoms with van der Waals surface area (Å²) in [6.07, 6.45) is 2.83. The van der Waals surface area contributed by atoms with E-state index in [9.17, 15) is 14.4 Å². The second-order valence-corrected chi connectivity index (χ2v) is 7.98. The SMILES string of the molecule is C=CC(=O)N[C@H]1CCN(c2ccc(C=O)c(Nc3ccc(C(=O)N4CCOCC4)cc3)n2)C1. The minimum atomic E-state index is -0.191. The molecule has 1 atom stereocenters. The molecule has 3 heterocycles. The van der Waals surface area contributed by atoms with Gasteiger partial charge in [0.1, 0.15) is 11.6 Å². The summed E-state index contributed by atoms with van der Waals surface area (Å²) in [4.78, 5) is 44.3. The second-order valence-electron chi connectivity index (χ2n) is 7.98. The van der Waals surface area contributed by atoms with E-state index in [4.69, 9.17) is 4.74 Å². The van der Waals surface area contributed by atoms with E-state index >= 15 is 0 Å². The number of hydrogen-bond donors (Lipinski definition) is 2. The molecular formula is C24H27N5O4. The first-order chi connectivity index (χ1) is 16.1. The fourth-order valence-electron chi connectivity index (χ4n) is 3.96. The fraction of sp³-hybridized carbons (Fsp3) is 0.333. The van der Waals surface area contributed by atoms with Crippen molar-refractivity contribution in [2.45, 2.75) is 12.5 Å². The van der Waals surface area contributed by atoms with Crippen LogP contribution >= 0.6 is 0 Å². The summed E-state index contributed by atoms with van der Waals surface area (Å²) in [5.41, 5.74) is 1.76. The van der Waals surface area contributed by atoms with Crippen molar-refractivity contribution >= 4 is 35.4 Å². The molecule has 2 fully saturated rings. The van der Waals surface area contributed by atoms with Crippen LogP contribution < -0.4 is 15.5 Å². The zero-order chi connectivity index (χ0) is 23.2. The van der Waals surface area contributed by atoms with E-state index in [0.29, 0.717) is 49.8 Å². The summed E-state index contributed by atoms with van der Waals surface area (Å²) in [6, 6.07) is 10.7. The lowest BCUT2D eigenvalue weighted by Crippen LogP contribution is -2.40. The molecule has 2 N–H and O–H groups in total. The van der Waals surface area contributed by atoms with E-state index in [1.807, 2.05) is 0 Å². The second kappa shape index (κ2) is 10.3. The molecule has 2 amide bonds. The Morgan fingerprint density at radius 2 is 1.85 bits per heavy atom. The summed E-state index contributed by atoms with van der Waals surface area (Å²) < 4.78 is 5.30. The maximum absolute atomic E-state index is 12.6. The molecule has 0 radical (unpaired) electrons. The third-order valence-electron chi connectivity index (χ3n) is 5.78. The number of aromatic nitrogens is 1. The molecule has 1 aromatic heterocycles. The Hall–Kier alpha value is -3.72. The molecule has 0 aliphatic carbocycles. The number of pyridine rings is 1. The van der Waals surface area contributed by atoms with Gasteiger partial charge in [-0.05, 0) is 48.9 Å². The zero-order valence-electron chi connectivity index (χ0n) is 18.3. The van der Waals surface area contributed by atoms with E-state index < -0.39 is 0 Å². The highest BCUT2D eigenvalue weighted by Crippen LogP contribution is 2.25. The molecule has 2 saturated heterocycles. The number of aldehydes is 1. The average Bonchev–Trinajstić information content (AvgIpc) is 3.33. The number of nitrogens with zero attached hydrogens (tertiary/aromatic N) is 3. The molecule has 2 aliphatic heterocycles. The van der Waals surface area contributed by atoms with Crippen molar-refractivity contribution in [3.8, 4) is 0 Å². The van der Waals surface area contributed by atoms with Crippen LogP contribution in [0.25, 0.3) is 0 Å². The summed E-state index contributed by atoms with van der Waals surface area (Å²) in [5, 5.41) is 6.10. The van der Waals surface area contributed by atoms with Crippen molar-refractivity contribution in [3.63, 3.8) is 0 Å². The monoisotopic (exact) mass is 449 g/mol. The van der Waals surface area contributed by atoms with Crippen LogP contribution in [0, 0.1) is 0 Å². The van der Waals surface area contributed by atoms with Gasteiger partial charge in [0, 0.05) is 43.5 Å². The number of rotatable bonds is 7. The van der Waals surface area contributed by atoms with Gasteiger partial charge in [0.25, 0.3) is 5.91 Å². The third-order valence-corrected chi connectivity index (χ3v) is 5.78. The maximum Gasteiger partial charge on any atom is 0.254 e. The summed E-state index contributed by atoms with van der Waals surface area (Å²) in [5.74, 6) is 0.945. The van der Waals surface area contributed by atoms with Gasteiger partial charge < -0.3 is 25.2 Å². The number of carbonyl (C=O) groups is 3. The first-order valence-electron chi connectivity index (χ1n) is 11.0. The summed E-state index contributed by atoms with van der Waals surface area (Å²) >= 11 is 0. The fourth-order valence-corrected chi connectivity index (χ4v) is 3.96. The van der Waals surface area contributed by atoms with E-state index in [1.54, 1.807) is 41.3 Å². The number of ether oxygens (including phenoxy) is 1. The van der Waals surface area contributed by atoms with Gasteiger partial charge in [-0.1, -0.05) is 6.58 Å². The molecule has 4 rings (SSSR count). The van der Waals surface area contributed by atoms with Crippen LogP contribution in [0.4, 0.5) is 17.3 Å². The Kier molecular flexibility index (Phi) is 6.99. The van der Waals surface area contributed by atoms with Crippen LogP contribution in [0.1, 0.15) is 27.1 Å². The largest absolute Gasteiger partial charge is 0.378 e. The van der Waals surface area contributed by atoms with Gasteiger partial charge >= 0.3 is 0 Å². The van der Waals surface area contributed by atoms with Gasteiger partial charge in [-0.3, -0.25) is 14.4 Å². The van der Waals surface area contributed by atoms with Gasteiger partial charge in [-0.15, -0.1) is 0 Å². The van der Waals surface area contributed by atoms with E-state index in [1.165, 1.54) is 6.08 Å². The molecule has 0 saturated carbocycles. The van der Waals surface area contributed by atoms with Crippen molar-refractivity contribution in [1.82, 2.24) is 15.2 Å². The molecule has 0 unspecified atom stereocenters. The maximum atomic E-state index is 12.6. The van der Waals surface area contributed by atoms with E-state index in [-0.39, 0.29) is 17.9 Å². The van der Waals surface area contributed by atoms with Crippen LogP contribution in [0.15, 0.2) is 49.1 Å². The Morgan fingerprint density at radius 1 is 1.09 bits per heavy atom. The molecule has 0 bridgehead atoms. The summed E-state index contributed by atoms with van der Waals surface area (Å²) in [6.45, 7) is 7.15. The lowest BCUT2D eigenvalue weighted by atomic mass is 10.1. The van der Waals surface area contributed by atoms with Gasteiger partial charge in [0.15, 0.2) is 6.29 Å². The smallest absolute Gasteiger partial charge is 0.254 e. The molecule has 2 aromatic rings. The van der Waals surface area contributed by atoms with Gasteiger partial charge in [-0.2, -0.15) is 0 Å². The molecule has 1 aromatic carbocycles. The van der Waals surface area contributed by atoms with E-state index in [0.717, 1.165) is 30.8 Å². The predicted molar refractivity (Wildman–Crippen MR) is 125 cm³/mol. The lowest BCUT2D eigenvalue weighted by Gasteiger charge is -2.26. The number of nitrogens with one attached hydrogen (secondary N) is 2. The van der Waals surface area contributed by atoms with Crippen LogP contribution in [0.3, 0.4) is 0 Å². The highest BCUT2D eigenvalue weighted by Gasteiger charge is 2.25. The van der Waals surface area contributed by atoms with Crippen molar-refractivity contribution < 1.29 is 19.1 Å². The van der Waals surface area contributed by atoms with Crippen molar-refractivity contribution in [1.29, 1.82) is 0 Å². The Labute approximate surface area is 192 Å². The molecular weight excluding hydrogens is 422 g/mol.